The van der Waals surface area contributed by atoms with Crippen LogP contribution < -0.4 is 14.2 Å². The topological polar surface area (TPSA) is 48.0 Å². The van der Waals surface area contributed by atoms with Crippen molar-refractivity contribution in [3.8, 4) is 17.2 Å². The molecule has 1 fully saturated rings. The van der Waals surface area contributed by atoms with Crippen molar-refractivity contribution in [2.45, 2.75) is 5.37 Å². The number of methoxy groups -OCH3 is 3. The Labute approximate surface area is 156 Å². The predicted octanol–water partition coefficient (Wildman–Crippen LogP) is 3.74. The highest BCUT2D eigenvalue weighted by Crippen LogP contribution is 2.46. The Hall–Kier alpha value is -2.41. The summed E-state index contributed by atoms with van der Waals surface area (Å²) in [5.41, 5.74) is 1.29. The van der Waals surface area contributed by atoms with Crippen LogP contribution in [0.5, 0.6) is 17.2 Å². The van der Waals surface area contributed by atoms with Crippen LogP contribution in [0.2, 0.25) is 0 Å². The minimum atomic E-state index is -0.365. The summed E-state index contributed by atoms with van der Waals surface area (Å²) in [5, 5.41) is -0.220. The summed E-state index contributed by atoms with van der Waals surface area (Å²) in [5.74, 6) is 2.05. The molecule has 7 heteroatoms. The van der Waals surface area contributed by atoms with Crippen molar-refractivity contribution in [2.75, 3.05) is 33.6 Å². The zero-order chi connectivity index (χ0) is 18.7. The third-order valence-corrected chi connectivity index (χ3v) is 5.49. The Morgan fingerprint density at radius 2 is 1.65 bits per heavy atom. The second kappa shape index (κ2) is 7.86. The van der Waals surface area contributed by atoms with Crippen molar-refractivity contribution in [2.24, 2.45) is 0 Å². The molecule has 0 radical (unpaired) electrons. The monoisotopic (exact) mass is 377 g/mol. The number of hydrogen-bond acceptors (Lipinski definition) is 5. The van der Waals surface area contributed by atoms with Gasteiger partial charge in [0.05, 0.1) is 21.3 Å². The number of rotatable bonds is 5. The zero-order valence-corrected chi connectivity index (χ0v) is 15.6. The Morgan fingerprint density at radius 3 is 2.27 bits per heavy atom. The summed E-state index contributed by atoms with van der Waals surface area (Å²) in [6.45, 7) is 0.600. The van der Waals surface area contributed by atoms with Gasteiger partial charge in [0.15, 0.2) is 11.5 Å². The minimum Gasteiger partial charge on any atom is -0.496 e. The van der Waals surface area contributed by atoms with E-state index in [0.717, 1.165) is 11.3 Å². The van der Waals surface area contributed by atoms with Gasteiger partial charge in [0.1, 0.15) is 16.9 Å². The molecule has 1 aliphatic heterocycles. The molecule has 1 amide bonds. The Balaban J connectivity index is 1.97. The third kappa shape index (κ3) is 3.44. The lowest BCUT2D eigenvalue weighted by Gasteiger charge is -2.26. The standard InChI is InChI=1S/C19H20FNO4S/c1-23-15-11-17(25-3)16(24-2)10-14(15)19-21(8-9-26-19)18(22)12-4-6-13(20)7-5-12/h4-7,10-11,19H,8-9H2,1-3H3. The molecule has 0 aromatic heterocycles. The molecule has 138 valence electrons. The van der Waals surface area contributed by atoms with Crippen molar-refractivity contribution in [3.63, 3.8) is 0 Å². The normalized spacial score (nSPS) is 16.5. The minimum absolute atomic E-state index is 0.142. The second-order valence-corrected chi connectivity index (χ2v) is 6.87. The molecule has 0 saturated carbocycles. The average molecular weight is 377 g/mol. The second-order valence-electron chi connectivity index (χ2n) is 5.68. The van der Waals surface area contributed by atoms with E-state index in [4.69, 9.17) is 14.2 Å². The van der Waals surface area contributed by atoms with Gasteiger partial charge in [0.25, 0.3) is 5.91 Å². The van der Waals surface area contributed by atoms with Crippen molar-refractivity contribution in [1.29, 1.82) is 0 Å². The molecule has 1 unspecified atom stereocenters. The maximum atomic E-state index is 13.2. The zero-order valence-electron chi connectivity index (χ0n) is 14.8. The van der Waals surface area contributed by atoms with Gasteiger partial charge in [-0.1, -0.05) is 0 Å². The number of halogens is 1. The van der Waals surface area contributed by atoms with Crippen LogP contribution >= 0.6 is 11.8 Å². The first-order valence-electron chi connectivity index (χ1n) is 8.07. The third-order valence-electron chi connectivity index (χ3n) is 4.24. The first kappa shape index (κ1) is 18.4. The van der Waals surface area contributed by atoms with E-state index in [-0.39, 0.29) is 17.1 Å². The van der Waals surface area contributed by atoms with E-state index < -0.39 is 0 Å². The highest BCUT2D eigenvalue weighted by atomic mass is 32.2. The van der Waals surface area contributed by atoms with Gasteiger partial charge in [-0.3, -0.25) is 4.79 Å². The van der Waals surface area contributed by atoms with Gasteiger partial charge in [-0.2, -0.15) is 0 Å². The molecule has 0 bridgehead atoms. The molecule has 0 aliphatic carbocycles. The SMILES string of the molecule is COc1cc(OC)c(C2SCCN2C(=O)c2ccc(F)cc2)cc1OC. The molecule has 1 heterocycles. The van der Waals surface area contributed by atoms with Crippen LogP contribution in [0.1, 0.15) is 21.3 Å². The molecule has 1 saturated heterocycles. The summed E-state index contributed by atoms with van der Waals surface area (Å²) in [6, 6.07) is 9.19. The van der Waals surface area contributed by atoms with E-state index in [9.17, 15) is 9.18 Å². The van der Waals surface area contributed by atoms with Crippen molar-refractivity contribution in [1.82, 2.24) is 4.90 Å². The molecule has 5 nitrogen and oxygen atoms in total. The van der Waals surface area contributed by atoms with E-state index in [2.05, 4.69) is 0 Å². The number of thioether (sulfide) groups is 1. The molecule has 1 atom stereocenters. The van der Waals surface area contributed by atoms with Crippen molar-refractivity contribution < 1.29 is 23.4 Å². The van der Waals surface area contributed by atoms with Crippen LogP contribution in [0, 0.1) is 5.82 Å². The fourth-order valence-corrected chi connectivity index (χ4v) is 4.21. The molecule has 1 aliphatic rings. The first-order chi connectivity index (χ1) is 12.6. The van der Waals surface area contributed by atoms with Gasteiger partial charge in [-0.05, 0) is 30.3 Å². The molecule has 0 N–H and O–H groups in total. The van der Waals surface area contributed by atoms with Crippen LogP contribution in [-0.2, 0) is 0 Å². The van der Waals surface area contributed by atoms with Crippen LogP contribution in [0.4, 0.5) is 4.39 Å². The quantitative estimate of drug-likeness (QED) is 0.794. The lowest BCUT2D eigenvalue weighted by Crippen LogP contribution is -2.30. The molecular weight excluding hydrogens is 357 g/mol. The number of carbonyl (C=O) groups is 1. The maximum Gasteiger partial charge on any atom is 0.255 e. The van der Waals surface area contributed by atoms with Gasteiger partial charge in [0, 0.05) is 29.5 Å². The predicted molar refractivity (Wildman–Crippen MR) is 98.7 cm³/mol. The van der Waals surface area contributed by atoms with E-state index in [1.165, 1.54) is 24.3 Å². The van der Waals surface area contributed by atoms with Crippen LogP contribution in [0.15, 0.2) is 36.4 Å². The summed E-state index contributed by atoms with van der Waals surface area (Å²) >= 11 is 1.65. The maximum absolute atomic E-state index is 13.2. The number of hydrogen-bond donors (Lipinski definition) is 0. The number of ether oxygens (including phenoxy) is 3. The lowest BCUT2D eigenvalue weighted by atomic mass is 10.1. The number of amides is 1. The molecular formula is C19H20FNO4S. The summed E-state index contributed by atoms with van der Waals surface area (Å²) in [7, 11) is 4.71. The van der Waals surface area contributed by atoms with Crippen LogP contribution in [0.25, 0.3) is 0 Å². The summed E-state index contributed by atoms with van der Waals surface area (Å²) in [6.07, 6.45) is 0. The van der Waals surface area contributed by atoms with Crippen molar-refractivity contribution in [3.05, 3.63) is 53.3 Å². The van der Waals surface area contributed by atoms with Gasteiger partial charge < -0.3 is 19.1 Å². The fourth-order valence-electron chi connectivity index (χ4n) is 2.94. The largest absolute Gasteiger partial charge is 0.496 e. The molecule has 2 aromatic carbocycles. The summed E-state index contributed by atoms with van der Waals surface area (Å²) < 4.78 is 29.4. The fraction of sp³-hybridized carbons (Fsp3) is 0.316. The van der Waals surface area contributed by atoms with Crippen LogP contribution in [-0.4, -0.2) is 44.4 Å². The highest BCUT2D eigenvalue weighted by molar-refractivity contribution is 7.99. The molecule has 0 spiro atoms. The first-order valence-corrected chi connectivity index (χ1v) is 9.12. The van der Waals surface area contributed by atoms with Crippen LogP contribution in [0.3, 0.4) is 0 Å². The molecule has 26 heavy (non-hydrogen) atoms. The number of nitrogens with zero attached hydrogens (tertiary/aromatic N) is 1. The van der Waals surface area contributed by atoms with E-state index >= 15 is 0 Å². The van der Waals surface area contributed by atoms with Gasteiger partial charge in [-0.15, -0.1) is 11.8 Å². The smallest absolute Gasteiger partial charge is 0.255 e. The Morgan fingerprint density at radius 1 is 1.04 bits per heavy atom. The lowest BCUT2D eigenvalue weighted by molar-refractivity contribution is 0.0759. The van der Waals surface area contributed by atoms with Gasteiger partial charge in [0.2, 0.25) is 0 Å². The van der Waals surface area contributed by atoms with Gasteiger partial charge in [-0.25, -0.2) is 4.39 Å². The van der Waals surface area contributed by atoms with E-state index in [0.29, 0.717) is 29.4 Å². The number of carbonyl (C=O) groups excluding carboxylic acids is 1. The van der Waals surface area contributed by atoms with Crippen molar-refractivity contribution >= 4 is 17.7 Å². The van der Waals surface area contributed by atoms with E-state index in [1.807, 2.05) is 6.07 Å². The highest BCUT2D eigenvalue weighted by Gasteiger charge is 2.34. The summed E-state index contributed by atoms with van der Waals surface area (Å²) in [4.78, 5) is 14.7. The average Bonchev–Trinajstić information content (AvgIpc) is 3.16. The Bertz CT molecular complexity index is 797. The number of benzene rings is 2. The Kier molecular flexibility index (Phi) is 5.56. The van der Waals surface area contributed by atoms with E-state index in [1.54, 1.807) is 44.1 Å². The van der Waals surface area contributed by atoms with Gasteiger partial charge >= 0.3 is 0 Å². The molecule has 2 aromatic rings. The molecule has 3 rings (SSSR count).